The fourth-order valence-corrected chi connectivity index (χ4v) is 7.30. The highest BCUT2D eigenvalue weighted by Gasteiger charge is 2.36. The molecule has 2 aliphatic rings. The molecule has 19 heavy (non-hydrogen) atoms. The largest absolute Gasteiger partial charge is 0.271 e. The summed E-state index contributed by atoms with van der Waals surface area (Å²) in [7, 11) is -2.91. The summed E-state index contributed by atoms with van der Waals surface area (Å²) in [6.07, 6.45) is 5.07. The molecule has 0 amide bonds. The normalized spacial score (nSPS) is 34.9. The summed E-state index contributed by atoms with van der Waals surface area (Å²) in [5.74, 6) is 9.68. The van der Waals surface area contributed by atoms with Crippen molar-refractivity contribution in [1.29, 1.82) is 0 Å². The minimum Gasteiger partial charge on any atom is -0.271 e. The average Bonchev–Trinajstić information content (AvgIpc) is 2.40. The molecule has 3 N–H and O–H groups in total. The summed E-state index contributed by atoms with van der Waals surface area (Å²) in [4.78, 5) is 0. The summed E-state index contributed by atoms with van der Waals surface area (Å²) in [6.45, 7) is 0. The van der Waals surface area contributed by atoms with Crippen molar-refractivity contribution in [3.05, 3.63) is 0 Å². The van der Waals surface area contributed by atoms with E-state index in [1.54, 1.807) is 0 Å². The number of hydrogen-bond donors (Lipinski definition) is 2. The Balaban J connectivity index is 2.01. The number of nitrogens with one attached hydrogen (secondary N) is 1. The molecule has 4 atom stereocenters. The van der Waals surface area contributed by atoms with E-state index in [-0.39, 0.29) is 11.3 Å². The van der Waals surface area contributed by atoms with Crippen molar-refractivity contribution < 1.29 is 8.42 Å². The monoisotopic (exact) mass is 324 g/mol. The molecule has 7 heteroatoms. The zero-order valence-electron chi connectivity index (χ0n) is 11.4. The number of sulfone groups is 1. The Labute approximate surface area is 124 Å². The van der Waals surface area contributed by atoms with Gasteiger partial charge < -0.3 is 0 Å². The van der Waals surface area contributed by atoms with Gasteiger partial charge in [0, 0.05) is 34.8 Å². The Morgan fingerprint density at radius 1 is 1.32 bits per heavy atom. The Kier molecular flexibility index (Phi) is 5.90. The molecule has 0 aromatic rings. The van der Waals surface area contributed by atoms with Gasteiger partial charge in [-0.25, -0.2) is 8.42 Å². The summed E-state index contributed by atoms with van der Waals surface area (Å²) in [5, 5.41) is 0.357. The van der Waals surface area contributed by atoms with E-state index < -0.39 is 9.84 Å². The van der Waals surface area contributed by atoms with Crippen LogP contribution in [-0.4, -0.2) is 48.5 Å². The van der Waals surface area contributed by atoms with Crippen LogP contribution >= 0.6 is 23.5 Å². The zero-order valence-corrected chi connectivity index (χ0v) is 13.8. The second-order valence-corrected chi connectivity index (χ2v) is 10.4. The molecule has 0 aromatic carbocycles. The maximum atomic E-state index is 11.8. The molecular weight excluding hydrogens is 300 g/mol. The first-order chi connectivity index (χ1) is 9.02. The quantitative estimate of drug-likeness (QED) is 0.599. The lowest BCUT2D eigenvalue weighted by molar-refractivity contribution is 0.271. The molecule has 4 nitrogen and oxygen atoms in total. The zero-order chi connectivity index (χ0) is 13.9. The van der Waals surface area contributed by atoms with E-state index in [2.05, 4.69) is 5.43 Å². The second-order valence-electron chi connectivity index (χ2n) is 5.55. The van der Waals surface area contributed by atoms with Crippen LogP contribution in [0.1, 0.15) is 25.7 Å². The molecule has 2 rings (SSSR count). The topological polar surface area (TPSA) is 72.2 Å². The first kappa shape index (κ1) is 15.9. The maximum Gasteiger partial charge on any atom is 0.150 e. The second kappa shape index (κ2) is 7.02. The van der Waals surface area contributed by atoms with Crippen molar-refractivity contribution in [2.75, 3.05) is 23.5 Å². The molecule has 1 heterocycles. The van der Waals surface area contributed by atoms with E-state index in [9.17, 15) is 8.42 Å². The standard InChI is InChI=1S/C12H24N2O2S3/c1-19(15,16)10-4-2-3-9(7-10)12(14-13)11-8-17-5-6-18-11/h9-12,14H,2-8,13H2,1H3. The van der Waals surface area contributed by atoms with E-state index in [1.165, 1.54) is 17.8 Å². The van der Waals surface area contributed by atoms with Crippen molar-refractivity contribution in [2.45, 2.75) is 42.2 Å². The van der Waals surface area contributed by atoms with Gasteiger partial charge in [0.05, 0.1) is 5.25 Å². The number of rotatable bonds is 4. The van der Waals surface area contributed by atoms with Gasteiger partial charge in [0.2, 0.25) is 0 Å². The third kappa shape index (κ3) is 4.27. The summed E-state index contributed by atoms with van der Waals surface area (Å²) in [6, 6.07) is 0.252. The van der Waals surface area contributed by atoms with E-state index >= 15 is 0 Å². The van der Waals surface area contributed by atoms with Gasteiger partial charge in [-0.1, -0.05) is 6.42 Å². The molecule has 0 bridgehead atoms. The molecule has 0 radical (unpaired) electrons. The first-order valence-corrected chi connectivity index (χ1v) is 11.0. The molecule has 1 saturated carbocycles. The third-order valence-corrected chi connectivity index (χ3v) is 8.74. The van der Waals surface area contributed by atoms with Crippen molar-refractivity contribution in [3.63, 3.8) is 0 Å². The minimum atomic E-state index is -2.91. The molecule has 1 aliphatic heterocycles. The van der Waals surface area contributed by atoms with Crippen molar-refractivity contribution in [3.8, 4) is 0 Å². The lowest BCUT2D eigenvalue weighted by Gasteiger charge is -2.38. The Morgan fingerprint density at radius 3 is 2.68 bits per heavy atom. The predicted molar refractivity (Wildman–Crippen MR) is 85.3 cm³/mol. The number of nitrogens with two attached hydrogens (primary N) is 1. The van der Waals surface area contributed by atoms with Crippen LogP contribution in [0, 0.1) is 5.92 Å². The van der Waals surface area contributed by atoms with Gasteiger partial charge in [-0.15, -0.1) is 0 Å². The first-order valence-electron chi connectivity index (χ1n) is 6.86. The molecule has 2 fully saturated rings. The van der Waals surface area contributed by atoms with Crippen LogP contribution in [-0.2, 0) is 9.84 Å². The molecule has 0 spiro atoms. The Hall–Kier alpha value is 0.570. The van der Waals surface area contributed by atoms with Crippen LogP contribution in [0.3, 0.4) is 0 Å². The average molecular weight is 325 g/mol. The van der Waals surface area contributed by atoms with Crippen LogP contribution < -0.4 is 11.3 Å². The van der Waals surface area contributed by atoms with E-state index in [1.807, 2.05) is 23.5 Å². The number of thioether (sulfide) groups is 2. The highest BCUT2D eigenvalue weighted by atomic mass is 32.2. The van der Waals surface area contributed by atoms with Crippen molar-refractivity contribution >= 4 is 33.4 Å². The van der Waals surface area contributed by atoms with E-state index in [4.69, 9.17) is 5.84 Å². The smallest absolute Gasteiger partial charge is 0.150 e. The maximum absolute atomic E-state index is 11.8. The van der Waals surface area contributed by atoms with Gasteiger partial charge in [-0.05, 0) is 25.2 Å². The van der Waals surface area contributed by atoms with Crippen molar-refractivity contribution in [1.82, 2.24) is 5.43 Å². The fraction of sp³-hybridized carbons (Fsp3) is 1.00. The highest BCUT2D eigenvalue weighted by Crippen LogP contribution is 2.36. The van der Waals surface area contributed by atoms with Crippen LogP contribution in [0.15, 0.2) is 0 Å². The Morgan fingerprint density at radius 2 is 2.11 bits per heavy atom. The molecule has 1 aliphatic carbocycles. The van der Waals surface area contributed by atoms with E-state index in [0.717, 1.165) is 31.4 Å². The molecule has 0 aromatic heterocycles. The van der Waals surface area contributed by atoms with Gasteiger partial charge in [-0.3, -0.25) is 11.3 Å². The lowest BCUT2D eigenvalue weighted by Crippen LogP contribution is -2.51. The fourth-order valence-electron chi connectivity index (χ4n) is 3.16. The lowest BCUT2D eigenvalue weighted by atomic mass is 9.82. The SMILES string of the molecule is CS(=O)(=O)C1CCCC(C(NN)C2CSCCS2)C1. The predicted octanol–water partition coefficient (Wildman–Crippen LogP) is 1.27. The summed E-state index contributed by atoms with van der Waals surface area (Å²) >= 11 is 3.97. The van der Waals surface area contributed by atoms with Gasteiger partial charge in [0.1, 0.15) is 9.84 Å². The minimum absolute atomic E-state index is 0.164. The molecule has 112 valence electrons. The van der Waals surface area contributed by atoms with E-state index in [0.29, 0.717) is 11.2 Å². The van der Waals surface area contributed by atoms with Crippen LogP contribution in [0.5, 0.6) is 0 Å². The molecule has 1 saturated heterocycles. The van der Waals surface area contributed by atoms with Crippen LogP contribution in [0.2, 0.25) is 0 Å². The Bertz CT molecular complexity index is 382. The van der Waals surface area contributed by atoms with Gasteiger partial charge in [0.15, 0.2) is 0 Å². The molecule has 4 unspecified atom stereocenters. The van der Waals surface area contributed by atoms with Crippen LogP contribution in [0.25, 0.3) is 0 Å². The van der Waals surface area contributed by atoms with Crippen LogP contribution in [0.4, 0.5) is 0 Å². The molecular formula is C12H24N2O2S3. The van der Waals surface area contributed by atoms with Gasteiger partial charge in [-0.2, -0.15) is 23.5 Å². The van der Waals surface area contributed by atoms with Gasteiger partial charge in [0.25, 0.3) is 0 Å². The summed E-state index contributed by atoms with van der Waals surface area (Å²) in [5.41, 5.74) is 2.98. The third-order valence-electron chi connectivity index (χ3n) is 4.21. The van der Waals surface area contributed by atoms with Crippen molar-refractivity contribution in [2.24, 2.45) is 11.8 Å². The highest BCUT2D eigenvalue weighted by molar-refractivity contribution is 8.06. The van der Waals surface area contributed by atoms with Gasteiger partial charge >= 0.3 is 0 Å². The number of hydrazine groups is 1. The summed E-state index contributed by atoms with van der Waals surface area (Å²) < 4.78 is 23.5. The number of hydrogen-bond acceptors (Lipinski definition) is 6.